The van der Waals surface area contributed by atoms with Gasteiger partial charge >= 0.3 is 0 Å². The molecule has 0 aromatic heterocycles. The van der Waals surface area contributed by atoms with Crippen molar-refractivity contribution >= 4 is 0 Å². The van der Waals surface area contributed by atoms with Crippen LogP contribution >= 0.6 is 0 Å². The summed E-state index contributed by atoms with van der Waals surface area (Å²) in [4.78, 5) is 0. The first kappa shape index (κ1) is 20.8. The molecule has 2 atom stereocenters. The molecule has 3 nitrogen and oxygen atoms in total. The number of benzene rings is 2. The monoisotopic (exact) mass is 418 g/mol. The molecule has 4 rings (SSSR count). The summed E-state index contributed by atoms with van der Waals surface area (Å²) in [6.07, 6.45) is 5.15. The predicted molar refractivity (Wildman–Crippen MR) is 108 cm³/mol. The molecule has 2 aromatic rings. The van der Waals surface area contributed by atoms with E-state index in [1.165, 1.54) is 6.07 Å². The normalized spacial score (nSPS) is 20.1. The van der Waals surface area contributed by atoms with Crippen molar-refractivity contribution in [3.05, 3.63) is 65.0 Å². The lowest BCUT2D eigenvalue weighted by atomic mass is 9.90. The van der Waals surface area contributed by atoms with Gasteiger partial charge in [0.15, 0.2) is 23.1 Å². The van der Waals surface area contributed by atoms with Crippen LogP contribution in [0.4, 0.5) is 13.2 Å². The largest absolute Gasteiger partial charge is 0.491 e. The molecule has 0 bridgehead atoms. The maximum Gasteiger partial charge on any atom is 0.207 e. The van der Waals surface area contributed by atoms with Gasteiger partial charge in [-0.05, 0) is 56.2 Å². The van der Waals surface area contributed by atoms with Crippen LogP contribution in [0, 0.1) is 23.4 Å². The van der Waals surface area contributed by atoms with E-state index in [1.807, 2.05) is 0 Å². The highest BCUT2D eigenvalue weighted by molar-refractivity contribution is 5.54. The first-order valence-corrected chi connectivity index (χ1v) is 10.4. The van der Waals surface area contributed by atoms with Gasteiger partial charge in [0, 0.05) is 17.5 Å². The average Bonchev–Trinajstić information content (AvgIpc) is 2.77. The standard InChI is InChI=1S/C24H25F3O3/c1-3-18-9-6-14(13-29-18)5-7-15-11-17-12-16-8-10-19(28-4-2)21(26)23(16)30-24(17)22(27)20(15)25/h3,8,10-11,14,18H,1,4-7,9,12-13H2,2H3. The first-order valence-electron chi connectivity index (χ1n) is 10.4. The Morgan fingerprint density at radius 2 is 1.90 bits per heavy atom. The van der Waals surface area contributed by atoms with Crippen LogP contribution in [0.15, 0.2) is 30.9 Å². The van der Waals surface area contributed by atoms with Gasteiger partial charge in [0.25, 0.3) is 0 Å². The predicted octanol–water partition coefficient (Wildman–Crippen LogP) is 6.11. The summed E-state index contributed by atoms with van der Waals surface area (Å²) in [7, 11) is 0. The lowest BCUT2D eigenvalue weighted by Gasteiger charge is -2.27. The molecule has 160 valence electrons. The first-order chi connectivity index (χ1) is 14.5. The molecule has 0 radical (unpaired) electrons. The number of halogens is 3. The summed E-state index contributed by atoms with van der Waals surface area (Å²) in [6.45, 7) is 6.37. The molecular weight excluding hydrogens is 393 g/mol. The van der Waals surface area contributed by atoms with Crippen molar-refractivity contribution < 1.29 is 27.4 Å². The minimum Gasteiger partial charge on any atom is -0.491 e. The molecule has 2 heterocycles. The fraction of sp³-hybridized carbons (Fsp3) is 0.417. The second kappa shape index (κ2) is 8.72. The lowest BCUT2D eigenvalue weighted by Crippen LogP contribution is -2.24. The number of fused-ring (bicyclic) bond motifs is 2. The summed E-state index contributed by atoms with van der Waals surface area (Å²) in [5.74, 6) is -2.70. The molecular formula is C24H25F3O3. The van der Waals surface area contributed by atoms with Gasteiger partial charge in [0.05, 0.1) is 19.3 Å². The van der Waals surface area contributed by atoms with Crippen molar-refractivity contribution in [2.45, 2.75) is 45.1 Å². The molecule has 0 saturated carbocycles. The highest BCUT2D eigenvalue weighted by Crippen LogP contribution is 2.43. The minimum atomic E-state index is -1.07. The molecule has 1 fully saturated rings. The van der Waals surface area contributed by atoms with Gasteiger partial charge in [0.2, 0.25) is 11.6 Å². The van der Waals surface area contributed by atoms with E-state index >= 15 is 0 Å². The van der Waals surface area contributed by atoms with Crippen LogP contribution in [0.1, 0.15) is 42.9 Å². The Kier molecular flexibility index (Phi) is 6.04. The van der Waals surface area contributed by atoms with Gasteiger partial charge in [-0.2, -0.15) is 8.78 Å². The maximum absolute atomic E-state index is 14.8. The number of ether oxygens (including phenoxy) is 3. The topological polar surface area (TPSA) is 27.7 Å². The van der Waals surface area contributed by atoms with E-state index in [-0.39, 0.29) is 29.8 Å². The quantitative estimate of drug-likeness (QED) is 0.452. The summed E-state index contributed by atoms with van der Waals surface area (Å²) in [5, 5.41) is 0. The zero-order chi connectivity index (χ0) is 21.3. The van der Waals surface area contributed by atoms with Crippen molar-refractivity contribution in [2.75, 3.05) is 13.2 Å². The van der Waals surface area contributed by atoms with Crippen molar-refractivity contribution in [3.63, 3.8) is 0 Å². The molecule has 0 amide bonds. The molecule has 0 spiro atoms. The minimum absolute atomic E-state index is 0.0330. The summed E-state index contributed by atoms with van der Waals surface area (Å²) >= 11 is 0. The Morgan fingerprint density at radius 3 is 2.60 bits per heavy atom. The smallest absolute Gasteiger partial charge is 0.207 e. The van der Waals surface area contributed by atoms with Crippen molar-refractivity contribution in [3.8, 4) is 17.2 Å². The SMILES string of the molecule is C=CC1CCC(CCc2cc3c(c(F)c2F)Oc2c(ccc(OCC)c2F)C3)CO1. The van der Waals surface area contributed by atoms with Crippen LogP contribution in [0.3, 0.4) is 0 Å². The van der Waals surface area contributed by atoms with Crippen LogP contribution in [-0.2, 0) is 17.6 Å². The molecule has 2 unspecified atom stereocenters. The third-order valence-corrected chi connectivity index (χ3v) is 5.83. The van der Waals surface area contributed by atoms with E-state index in [4.69, 9.17) is 14.2 Å². The van der Waals surface area contributed by atoms with Crippen LogP contribution in [-0.4, -0.2) is 19.3 Å². The van der Waals surface area contributed by atoms with Crippen LogP contribution in [0.25, 0.3) is 0 Å². The average molecular weight is 418 g/mol. The fourth-order valence-electron chi connectivity index (χ4n) is 4.15. The second-order valence-electron chi connectivity index (χ2n) is 7.82. The number of hydrogen-bond acceptors (Lipinski definition) is 3. The summed E-state index contributed by atoms with van der Waals surface area (Å²) in [6, 6.07) is 4.87. The Hall–Kier alpha value is -2.47. The summed E-state index contributed by atoms with van der Waals surface area (Å²) in [5.41, 5.74) is 1.42. The Bertz CT molecular complexity index is 949. The zero-order valence-corrected chi connectivity index (χ0v) is 17.0. The lowest BCUT2D eigenvalue weighted by molar-refractivity contribution is 0.00879. The van der Waals surface area contributed by atoms with E-state index in [0.717, 1.165) is 12.8 Å². The van der Waals surface area contributed by atoms with Crippen molar-refractivity contribution in [1.82, 2.24) is 0 Å². The van der Waals surface area contributed by atoms with Gasteiger partial charge < -0.3 is 14.2 Å². The molecule has 30 heavy (non-hydrogen) atoms. The van der Waals surface area contributed by atoms with Crippen LogP contribution in [0.5, 0.6) is 17.2 Å². The Morgan fingerprint density at radius 1 is 1.10 bits per heavy atom. The number of hydrogen-bond donors (Lipinski definition) is 0. The van der Waals surface area contributed by atoms with Gasteiger partial charge in [0.1, 0.15) is 0 Å². The molecule has 0 aliphatic carbocycles. The summed E-state index contributed by atoms with van der Waals surface area (Å²) < 4.78 is 60.6. The van der Waals surface area contributed by atoms with Gasteiger partial charge in [-0.25, -0.2) is 4.39 Å². The second-order valence-corrected chi connectivity index (χ2v) is 7.82. The van der Waals surface area contributed by atoms with Crippen LogP contribution in [0.2, 0.25) is 0 Å². The molecule has 2 aromatic carbocycles. The van der Waals surface area contributed by atoms with Gasteiger partial charge in [-0.15, -0.1) is 6.58 Å². The highest BCUT2D eigenvalue weighted by Gasteiger charge is 2.29. The molecule has 0 N–H and O–H groups in total. The Labute approximate surface area is 174 Å². The molecule has 2 aliphatic heterocycles. The highest BCUT2D eigenvalue weighted by atomic mass is 19.2. The van der Waals surface area contributed by atoms with E-state index in [9.17, 15) is 13.2 Å². The zero-order valence-electron chi connectivity index (χ0n) is 17.0. The van der Waals surface area contributed by atoms with E-state index in [0.29, 0.717) is 48.7 Å². The van der Waals surface area contributed by atoms with Crippen LogP contribution < -0.4 is 9.47 Å². The Balaban J connectivity index is 1.53. The van der Waals surface area contributed by atoms with Gasteiger partial charge in [-0.3, -0.25) is 0 Å². The molecule has 1 saturated heterocycles. The van der Waals surface area contributed by atoms with Crippen molar-refractivity contribution in [1.29, 1.82) is 0 Å². The maximum atomic E-state index is 14.8. The van der Waals surface area contributed by atoms with E-state index < -0.39 is 17.5 Å². The van der Waals surface area contributed by atoms with E-state index in [2.05, 4.69) is 6.58 Å². The number of rotatable bonds is 6. The van der Waals surface area contributed by atoms with Gasteiger partial charge in [-0.1, -0.05) is 12.1 Å². The third-order valence-electron chi connectivity index (χ3n) is 5.83. The fourth-order valence-corrected chi connectivity index (χ4v) is 4.15. The molecule has 6 heteroatoms. The molecule has 2 aliphatic rings. The van der Waals surface area contributed by atoms with E-state index in [1.54, 1.807) is 25.1 Å². The number of aryl methyl sites for hydroxylation is 1. The third kappa shape index (κ3) is 3.93. The van der Waals surface area contributed by atoms with Crippen molar-refractivity contribution in [2.24, 2.45) is 5.92 Å².